The van der Waals surface area contributed by atoms with Gasteiger partial charge in [0.25, 0.3) is 0 Å². The highest BCUT2D eigenvalue weighted by molar-refractivity contribution is 6.01. The van der Waals surface area contributed by atoms with Gasteiger partial charge in [0.1, 0.15) is 0 Å². The standard InChI is InChI=1S/C8H14N2O3/c1-3-13-6(2)5-10-7(11)4-9-8(10)12/h6H,3-5H2,1-2H3,(H,9,12). The first-order chi connectivity index (χ1) is 6.15. The van der Waals surface area contributed by atoms with Crippen LogP contribution in [0.5, 0.6) is 0 Å². The van der Waals surface area contributed by atoms with Crippen LogP contribution < -0.4 is 5.32 Å². The number of imide groups is 1. The lowest BCUT2D eigenvalue weighted by Gasteiger charge is -2.17. The summed E-state index contributed by atoms with van der Waals surface area (Å²) in [5.74, 6) is -0.184. The van der Waals surface area contributed by atoms with E-state index < -0.39 is 0 Å². The first-order valence-corrected chi connectivity index (χ1v) is 4.35. The van der Waals surface area contributed by atoms with Gasteiger partial charge in [-0.25, -0.2) is 4.79 Å². The molecule has 0 saturated carbocycles. The zero-order valence-electron chi connectivity index (χ0n) is 7.87. The molecule has 5 heteroatoms. The van der Waals surface area contributed by atoms with Crippen LogP contribution in [0.25, 0.3) is 0 Å². The van der Waals surface area contributed by atoms with Crippen LogP contribution >= 0.6 is 0 Å². The molecule has 1 aliphatic heterocycles. The van der Waals surface area contributed by atoms with Crippen molar-refractivity contribution >= 4 is 11.9 Å². The molecule has 5 nitrogen and oxygen atoms in total. The van der Waals surface area contributed by atoms with Gasteiger partial charge < -0.3 is 10.1 Å². The molecule has 0 aromatic rings. The summed E-state index contributed by atoms with van der Waals surface area (Å²) in [6, 6.07) is -0.323. The Hall–Kier alpha value is -1.10. The molecule has 1 fully saturated rings. The third-order valence-electron chi connectivity index (χ3n) is 1.83. The van der Waals surface area contributed by atoms with Crippen LogP contribution in [0.1, 0.15) is 13.8 Å². The molecule has 1 N–H and O–H groups in total. The molecule has 1 saturated heterocycles. The van der Waals surface area contributed by atoms with Gasteiger partial charge in [-0.15, -0.1) is 0 Å². The second-order valence-corrected chi connectivity index (χ2v) is 2.93. The summed E-state index contributed by atoms with van der Waals surface area (Å²) >= 11 is 0. The number of rotatable bonds is 4. The van der Waals surface area contributed by atoms with Crippen molar-refractivity contribution in [1.29, 1.82) is 0 Å². The van der Waals surface area contributed by atoms with Crippen LogP contribution in [-0.2, 0) is 9.53 Å². The SMILES string of the molecule is CCOC(C)CN1C(=O)CNC1=O. The molecule has 1 aliphatic rings. The molecular weight excluding hydrogens is 172 g/mol. The lowest BCUT2D eigenvalue weighted by atomic mass is 10.3. The van der Waals surface area contributed by atoms with Crippen molar-refractivity contribution in [3.05, 3.63) is 0 Å². The van der Waals surface area contributed by atoms with E-state index >= 15 is 0 Å². The maximum absolute atomic E-state index is 11.1. The highest BCUT2D eigenvalue weighted by Gasteiger charge is 2.29. The average Bonchev–Trinajstić information content (AvgIpc) is 2.36. The Kier molecular flexibility index (Phi) is 3.25. The largest absolute Gasteiger partial charge is 0.377 e. The fraction of sp³-hybridized carbons (Fsp3) is 0.750. The number of amides is 3. The molecule has 3 amide bonds. The molecule has 0 bridgehead atoms. The van der Waals surface area contributed by atoms with E-state index in [1.807, 2.05) is 13.8 Å². The summed E-state index contributed by atoms with van der Waals surface area (Å²) in [5.41, 5.74) is 0. The van der Waals surface area contributed by atoms with E-state index in [0.717, 1.165) is 0 Å². The van der Waals surface area contributed by atoms with E-state index in [9.17, 15) is 9.59 Å². The van der Waals surface area contributed by atoms with Crippen molar-refractivity contribution in [1.82, 2.24) is 10.2 Å². The molecular formula is C8H14N2O3. The lowest BCUT2D eigenvalue weighted by molar-refractivity contribution is -0.126. The van der Waals surface area contributed by atoms with Crippen molar-refractivity contribution in [3.8, 4) is 0 Å². The van der Waals surface area contributed by atoms with Gasteiger partial charge in [0, 0.05) is 6.61 Å². The number of carbonyl (C=O) groups is 2. The van der Waals surface area contributed by atoms with Gasteiger partial charge in [-0.2, -0.15) is 0 Å². The molecule has 13 heavy (non-hydrogen) atoms. The minimum atomic E-state index is -0.323. The summed E-state index contributed by atoms with van der Waals surface area (Å²) in [4.78, 5) is 23.4. The topological polar surface area (TPSA) is 58.6 Å². The summed E-state index contributed by atoms with van der Waals surface area (Å²) in [7, 11) is 0. The van der Waals surface area contributed by atoms with E-state index in [1.165, 1.54) is 4.90 Å². The Balaban J connectivity index is 2.43. The van der Waals surface area contributed by atoms with Gasteiger partial charge in [-0.3, -0.25) is 9.69 Å². The third kappa shape index (κ3) is 2.42. The van der Waals surface area contributed by atoms with Gasteiger partial charge in [0.05, 0.1) is 19.2 Å². The summed E-state index contributed by atoms with van der Waals surface area (Å²) in [6.07, 6.45) is -0.0993. The first-order valence-electron chi connectivity index (χ1n) is 4.35. The monoisotopic (exact) mass is 186 g/mol. The van der Waals surface area contributed by atoms with Crippen molar-refractivity contribution < 1.29 is 14.3 Å². The number of carbonyl (C=O) groups excluding carboxylic acids is 2. The van der Waals surface area contributed by atoms with Gasteiger partial charge in [-0.1, -0.05) is 0 Å². The minimum absolute atomic E-state index is 0.0993. The Morgan fingerprint density at radius 3 is 2.77 bits per heavy atom. The number of nitrogens with zero attached hydrogens (tertiary/aromatic N) is 1. The number of nitrogens with one attached hydrogen (secondary N) is 1. The lowest BCUT2D eigenvalue weighted by Crippen LogP contribution is -2.37. The van der Waals surface area contributed by atoms with Gasteiger partial charge in [0.2, 0.25) is 5.91 Å². The Morgan fingerprint density at radius 1 is 1.62 bits per heavy atom. The van der Waals surface area contributed by atoms with Crippen molar-refractivity contribution in [3.63, 3.8) is 0 Å². The molecule has 1 rings (SSSR count). The maximum atomic E-state index is 11.1. The predicted molar refractivity (Wildman–Crippen MR) is 46.2 cm³/mol. The van der Waals surface area contributed by atoms with Crippen LogP contribution in [0.2, 0.25) is 0 Å². The number of ether oxygens (including phenoxy) is 1. The second-order valence-electron chi connectivity index (χ2n) is 2.93. The van der Waals surface area contributed by atoms with E-state index in [-0.39, 0.29) is 24.6 Å². The van der Waals surface area contributed by atoms with Gasteiger partial charge >= 0.3 is 6.03 Å². The normalized spacial score (nSPS) is 19.1. The van der Waals surface area contributed by atoms with E-state index in [1.54, 1.807) is 0 Å². The molecule has 1 unspecified atom stereocenters. The molecule has 1 atom stereocenters. The Bertz CT molecular complexity index is 201. The first kappa shape index (κ1) is 9.98. The van der Waals surface area contributed by atoms with E-state index in [0.29, 0.717) is 13.2 Å². The molecule has 0 radical (unpaired) electrons. The second kappa shape index (κ2) is 4.23. The highest BCUT2D eigenvalue weighted by Crippen LogP contribution is 2.02. The van der Waals surface area contributed by atoms with Crippen LogP contribution in [0.3, 0.4) is 0 Å². The third-order valence-corrected chi connectivity index (χ3v) is 1.83. The Labute approximate surface area is 77.0 Å². The summed E-state index contributed by atoms with van der Waals surface area (Å²) in [5, 5.41) is 2.45. The molecule has 0 aromatic heterocycles. The fourth-order valence-corrected chi connectivity index (χ4v) is 1.23. The zero-order chi connectivity index (χ0) is 9.84. The van der Waals surface area contributed by atoms with Crippen molar-refractivity contribution in [2.45, 2.75) is 20.0 Å². The highest BCUT2D eigenvalue weighted by atomic mass is 16.5. The smallest absolute Gasteiger partial charge is 0.324 e. The molecule has 0 aliphatic carbocycles. The predicted octanol–water partition coefficient (Wildman–Crippen LogP) is -0.0368. The number of hydrogen-bond acceptors (Lipinski definition) is 3. The summed E-state index contributed by atoms with van der Waals surface area (Å²) < 4.78 is 5.23. The van der Waals surface area contributed by atoms with Gasteiger partial charge in [0.15, 0.2) is 0 Å². The van der Waals surface area contributed by atoms with E-state index in [2.05, 4.69) is 5.32 Å². The fourth-order valence-electron chi connectivity index (χ4n) is 1.23. The average molecular weight is 186 g/mol. The van der Waals surface area contributed by atoms with E-state index in [4.69, 9.17) is 4.74 Å². The number of urea groups is 1. The molecule has 1 heterocycles. The zero-order valence-corrected chi connectivity index (χ0v) is 7.87. The van der Waals surface area contributed by atoms with Crippen molar-refractivity contribution in [2.75, 3.05) is 19.7 Å². The molecule has 0 aromatic carbocycles. The van der Waals surface area contributed by atoms with Crippen LogP contribution in [0.4, 0.5) is 4.79 Å². The summed E-state index contributed by atoms with van der Waals surface area (Å²) in [6.45, 7) is 4.74. The minimum Gasteiger partial charge on any atom is -0.377 e. The quantitative estimate of drug-likeness (QED) is 0.627. The van der Waals surface area contributed by atoms with Crippen LogP contribution in [0.15, 0.2) is 0 Å². The molecule has 74 valence electrons. The molecule has 0 spiro atoms. The number of hydrogen-bond donors (Lipinski definition) is 1. The van der Waals surface area contributed by atoms with Crippen LogP contribution in [-0.4, -0.2) is 42.6 Å². The Morgan fingerprint density at radius 2 is 2.31 bits per heavy atom. The van der Waals surface area contributed by atoms with Crippen molar-refractivity contribution in [2.24, 2.45) is 0 Å². The maximum Gasteiger partial charge on any atom is 0.324 e. The van der Waals surface area contributed by atoms with Gasteiger partial charge in [-0.05, 0) is 13.8 Å². The van der Waals surface area contributed by atoms with Crippen LogP contribution in [0, 0.1) is 0 Å².